The standard InChI is InChI=1S/C28H31ClN10O3/c1-15-11-18(16(2)31-20-5-6-21(29)32-24(20)26-33-35-37(4)34-26)25-19(12-15)28(42)36(3)27-23(30-14-39(25)27)17-7-9-38(10-8-17)22(41)13-40/h5-6,11-12,14,16-17,31,40H,7-10,13H2,1-4H3/i4D3. The second-order valence-electron chi connectivity index (χ2n) is 10.5. The summed E-state index contributed by atoms with van der Waals surface area (Å²) in [6.45, 7) is 1.74. The van der Waals surface area contributed by atoms with Gasteiger partial charge < -0.3 is 15.3 Å². The quantitative estimate of drug-likeness (QED) is 0.283. The molecule has 13 nitrogen and oxygen atoms in total. The molecule has 2 N–H and O–H groups in total. The molecular weight excluding hydrogens is 560 g/mol. The molecule has 1 aromatic carbocycles. The number of aryl methyl sites for hydroxylation is 3. The Balaban J connectivity index is 1.42. The molecule has 1 saturated heterocycles. The molecule has 4 aromatic heterocycles. The third-order valence-corrected chi connectivity index (χ3v) is 8.05. The minimum atomic E-state index is -2.61. The van der Waals surface area contributed by atoms with Crippen molar-refractivity contribution >= 4 is 39.7 Å². The fourth-order valence-electron chi connectivity index (χ4n) is 5.83. The largest absolute Gasteiger partial charge is 0.387 e. The minimum Gasteiger partial charge on any atom is -0.387 e. The van der Waals surface area contributed by atoms with Crippen LogP contribution in [0.5, 0.6) is 0 Å². The number of amides is 1. The van der Waals surface area contributed by atoms with Gasteiger partial charge >= 0.3 is 0 Å². The highest BCUT2D eigenvalue weighted by Crippen LogP contribution is 2.34. The van der Waals surface area contributed by atoms with E-state index < -0.39 is 13.6 Å². The number of aliphatic hydroxyl groups excluding tert-OH is 1. The first-order chi connectivity index (χ1) is 21.4. The number of rotatable bonds is 6. The molecule has 1 unspecified atom stereocenters. The first-order valence-corrected chi connectivity index (χ1v) is 13.9. The number of halogens is 1. The van der Waals surface area contributed by atoms with Crippen LogP contribution in [0, 0.1) is 6.92 Å². The lowest BCUT2D eigenvalue weighted by Gasteiger charge is -2.31. The zero-order chi connectivity index (χ0) is 32.2. The number of piperidine rings is 1. The number of aliphatic hydroxyl groups is 1. The fourth-order valence-corrected chi connectivity index (χ4v) is 5.98. The lowest BCUT2D eigenvalue weighted by molar-refractivity contribution is -0.135. The predicted molar refractivity (Wildman–Crippen MR) is 157 cm³/mol. The highest BCUT2D eigenvalue weighted by atomic mass is 35.5. The minimum absolute atomic E-state index is 0.0142. The molecule has 0 radical (unpaired) electrons. The van der Waals surface area contributed by atoms with Gasteiger partial charge in [-0.2, -0.15) is 4.80 Å². The lowest BCUT2D eigenvalue weighted by atomic mass is 9.93. The van der Waals surface area contributed by atoms with E-state index in [4.69, 9.17) is 20.7 Å². The summed E-state index contributed by atoms with van der Waals surface area (Å²) in [5, 5.41) is 24.9. The van der Waals surface area contributed by atoms with Crippen LogP contribution in [0.1, 0.15) is 52.7 Å². The van der Waals surface area contributed by atoms with Gasteiger partial charge in [0.25, 0.3) is 5.56 Å². The summed E-state index contributed by atoms with van der Waals surface area (Å²) in [7, 11) is 1.74. The van der Waals surface area contributed by atoms with E-state index in [2.05, 4.69) is 25.7 Å². The number of anilines is 1. The summed E-state index contributed by atoms with van der Waals surface area (Å²) < 4.78 is 26.3. The number of nitrogens with zero attached hydrogens (tertiary/aromatic N) is 9. The van der Waals surface area contributed by atoms with Crippen LogP contribution in [0.15, 0.2) is 35.4 Å². The van der Waals surface area contributed by atoms with E-state index in [-0.39, 0.29) is 40.1 Å². The third-order valence-electron chi connectivity index (χ3n) is 7.84. The molecule has 5 heterocycles. The number of carbonyl (C=O) groups excluding carboxylic acids is 1. The molecular formula is C28H31ClN10O3. The second kappa shape index (κ2) is 10.8. The Morgan fingerprint density at radius 1 is 1.29 bits per heavy atom. The summed E-state index contributed by atoms with van der Waals surface area (Å²) in [5.41, 5.74) is 4.41. The van der Waals surface area contributed by atoms with Gasteiger partial charge in [-0.25, -0.2) is 9.97 Å². The molecule has 0 bridgehead atoms. The maximum Gasteiger partial charge on any atom is 0.261 e. The number of benzene rings is 1. The van der Waals surface area contributed by atoms with Gasteiger partial charge in [-0.15, -0.1) is 10.2 Å². The average Bonchev–Trinajstić information content (AvgIpc) is 3.69. The normalized spacial score (nSPS) is 16.4. The van der Waals surface area contributed by atoms with Gasteiger partial charge in [0, 0.05) is 30.2 Å². The number of fused-ring (bicyclic) bond motifs is 3. The van der Waals surface area contributed by atoms with Crippen LogP contribution in [0.3, 0.4) is 0 Å². The van der Waals surface area contributed by atoms with E-state index in [0.717, 1.165) is 16.8 Å². The molecule has 1 aliphatic rings. The predicted octanol–water partition coefficient (Wildman–Crippen LogP) is 2.60. The zero-order valence-corrected chi connectivity index (χ0v) is 24.0. The second-order valence-corrected chi connectivity index (χ2v) is 10.9. The topological polar surface area (TPSA) is 148 Å². The number of pyridine rings is 1. The van der Waals surface area contributed by atoms with Crippen molar-refractivity contribution in [2.24, 2.45) is 14.0 Å². The van der Waals surface area contributed by atoms with Crippen LogP contribution < -0.4 is 10.9 Å². The number of imidazole rings is 1. The molecule has 0 saturated carbocycles. The highest BCUT2D eigenvalue weighted by Gasteiger charge is 2.28. The molecule has 14 heteroatoms. The van der Waals surface area contributed by atoms with E-state index in [1.165, 1.54) is 0 Å². The summed E-state index contributed by atoms with van der Waals surface area (Å²) >= 11 is 6.20. The summed E-state index contributed by atoms with van der Waals surface area (Å²) in [4.78, 5) is 37.2. The van der Waals surface area contributed by atoms with E-state index in [9.17, 15) is 14.7 Å². The molecule has 218 valence electrons. The van der Waals surface area contributed by atoms with Crippen molar-refractivity contribution < 1.29 is 14.0 Å². The van der Waals surface area contributed by atoms with E-state index in [1.54, 1.807) is 35.0 Å². The molecule has 1 amide bonds. The van der Waals surface area contributed by atoms with Crippen molar-refractivity contribution in [1.82, 2.24) is 44.0 Å². The number of likely N-dealkylation sites (tertiary alicyclic amines) is 1. The monoisotopic (exact) mass is 593 g/mol. The van der Waals surface area contributed by atoms with Gasteiger partial charge in [-0.1, -0.05) is 17.7 Å². The van der Waals surface area contributed by atoms with E-state index >= 15 is 0 Å². The molecule has 0 spiro atoms. The Kier molecular flexibility index (Phi) is 6.24. The van der Waals surface area contributed by atoms with Gasteiger partial charge in [0.2, 0.25) is 11.7 Å². The Bertz CT molecular complexity index is 2000. The number of tetrazole rings is 1. The van der Waals surface area contributed by atoms with Gasteiger partial charge in [0.15, 0.2) is 0 Å². The van der Waals surface area contributed by atoms with Crippen molar-refractivity contribution in [3.63, 3.8) is 0 Å². The molecule has 1 aliphatic heterocycles. The zero-order valence-electron chi connectivity index (χ0n) is 26.2. The van der Waals surface area contributed by atoms with Crippen LogP contribution in [-0.4, -0.2) is 74.8 Å². The van der Waals surface area contributed by atoms with Crippen molar-refractivity contribution in [3.05, 3.63) is 62.9 Å². The number of aromatic nitrogens is 8. The van der Waals surface area contributed by atoms with Crippen LogP contribution in [-0.2, 0) is 18.8 Å². The molecule has 0 aliphatic carbocycles. The van der Waals surface area contributed by atoms with Gasteiger partial charge in [0.05, 0.1) is 35.3 Å². The summed E-state index contributed by atoms with van der Waals surface area (Å²) in [6.07, 6.45) is 3.06. The molecule has 6 rings (SSSR count). The van der Waals surface area contributed by atoms with Crippen molar-refractivity contribution in [3.8, 4) is 11.5 Å². The van der Waals surface area contributed by atoms with E-state index in [1.807, 2.05) is 30.4 Å². The summed E-state index contributed by atoms with van der Waals surface area (Å²) in [6, 6.07) is 6.77. The van der Waals surface area contributed by atoms with Crippen molar-refractivity contribution in [2.75, 3.05) is 25.0 Å². The molecule has 42 heavy (non-hydrogen) atoms. The van der Waals surface area contributed by atoms with Crippen LogP contribution in [0.4, 0.5) is 5.69 Å². The van der Waals surface area contributed by atoms with Gasteiger partial charge in [0.1, 0.15) is 29.4 Å². The lowest BCUT2D eigenvalue weighted by Crippen LogP contribution is -2.39. The Morgan fingerprint density at radius 2 is 2.07 bits per heavy atom. The SMILES string of the molecule is [2H]C([2H])([2H])n1nnc(-c2nc(Cl)ccc2NC(C)c2cc(C)cc3c(=O)n(C)c4c(C5CCN(C(=O)CO)CC5)ncn4c23)n1. The smallest absolute Gasteiger partial charge is 0.261 e. The van der Waals surface area contributed by atoms with Crippen LogP contribution >= 0.6 is 11.6 Å². The molecule has 5 aromatic rings. The summed E-state index contributed by atoms with van der Waals surface area (Å²) in [5.74, 6) is -0.275. The van der Waals surface area contributed by atoms with E-state index in [0.29, 0.717) is 53.0 Å². The Labute approximate surface area is 250 Å². The molecule has 1 fully saturated rings. The third kappa shape index (κ3) is 4.77. The molecule has 1 atom stereocenters. The number of nitrogens with one attached hydrogen (secondary N) is 1. The van der Waals surface area contributed by atoms with Crippen LogP contribution in [0.2, 0.25) is 5.15 Å². The first kappa shape index (κ1) is 24.3. The van der Waals surface area contributed by atoms with Crippen molar-refractivity contribution in [1.29, 1.82) is 0 Å². The van der Waals surface area contributed by atoms with Gasteiger partial charge in [-0.05, 0) is 61.2 Å². The Hall–Kier alpha value is -4.36. The number of hydrogen-bond acceptors (Lipinski definition) is 9. The highest BCUT2D eigenvalue weighted by molar-refractivity contribution is 6.29. The maximum atomic E-state index is 13.8. The van der Waals surface area contributed by atoms with Crippen LogP contribution in [0.25, 0.3) is 28.1 Å². The Morgan fingerprint density at radius 3 is 2.79 bits per heavy atom. The van der Waals surface area contributed by atoms with Gasteiger partial charge in [-0.3, -0.25) is 18.6 Å². The first-order valence-electron chi connectivity index (χ1n) is 15.0. The number of carbonyl (C=O) groups is 1. The fraction of sp³-hybridized carbons (Fsp3) is 0.393. The van der Waals surface area contributed by atoms with Crippen molar-refractivity contribution in [2.45, 2.75) is 38.6 Å². The maximum absolute atomic E-state index is 13.8. The number of hydrogen-bond donors (Lipinski definition) is 2. The average molecular weight is 594 g/mol.